The van der Waals surface area contributed by atoms with Crippen molar-refractivity contribution in [2.24, 2.45) is 11.8 Å². The van der Waals surface area contributed by atoms with Crippen LogP contribution in [0.1, 0.15) is 47.0 Å². The quantitative estimate of drug-likeness (QED) is 0.787. The lowest BCUT2D eigenvalue weighted by molar-refractivity contribution is -0.161. The lowest BCUT2D eigenvalue weighted by Crippen LogP contribution is -2.53. The van der Waals surface area contributed by atoms with E-state index in [1.54, 1.807) is 0 Å². The highest BCUT2D eigenvalue weighted by atomic mass is 16.6. The molecule has 20 heavy (non-hydrogen) atoms. The second-order valence-electron chi connectivity index (χ2n) is 7.52. The van der Waals surface area contributed by atoms with Gasteiger partial charge >= 0.3 is 5.97 Å². The lowest BCUT2D eigenvalue weighted by atomic mass is 9.91. The lowest BCUT2D eigenvalue weighted by Gasteiger charge is -2.41. The smallest absolute Gasteiger partial charge is 0.310 e. The number of carbonyl (C=O) groups excluding carboxylic acids is 1. The molecule has 0 aliphatic carbocycles. The molecule has 4 nitrogen and oxygen atoms in total. The Kier molecular flexibility index (Phi) is 5.08. The molecule has 2 fully saturated rings. The summed E-state index contributed by atoms with van der Waals surface area (Å²) in [6.45, 7) is 12.3. The first-order chi connectivity index (χ1) is 9.35. The maximum atomic E-state index is 12.2. The molecule has 4 heteroatoms. The molecule has 0 bridgehead atoms. The zero-order valence-corrected chi connectivity index (χ0v) is 13.4. The van der Waals surface area contributed by atoms with E-state index in [2.05, 4.69) is 17.1 Å². The third-order valence-corrected chi connectivity index (χ3v) is 4.27. The predicted molar refractivity (Wildman–Crippen MR) is 80.6 cm³/mol. The second-order valence-corrected chi connectivity index (χ2v) is 7.52. The van der Waals surface area contributed by atoms with E-state index in [-0.39, 0.29) is 17.5 Å². The van der Waals surface area contributed by atoms with Crippen molar-refractivity contribution in [3.05, 3.63) is 0 Å². The minimum absolute atomic E-state index is 0.00482. The molecule has 0 amide bonds. The van der Waals surface area contributed by atoms with E-state index in [0.29, 0.717) is 6.04 Å². The van der Waals surface area contributed by atoms with E-state index in [1.807, 2.05) is 20.8 Å². The Bertz CT molecular complexity index is 338. The molecule has 2 aliphatic heterocycles. The maximum Gasteiger partial charge on any atom is 0.310 e. The van der Waals surface area contributed by atoms with Crippen molar-refractivity contribution >= 4 is 5.97 Å². The Morgan fingerprint density at radius 1 is 1.30 bits per heavy atom. The summed E-state index contributed by atoms with van der Waals surface area (Å²) in [5.41, 5.74) is -0.385. The van der Waals surface area contributed by atoms with Crippen LogP contribution in [0.15, 0.2) is 0 Å². The first-order valence-corrected chi connectivity index (χ1v) is 8.03. The fraction of sp³-hybridized carbons (Fsp3) is 0.938. The van der Waals surface area contributed by atoms with Gasteiger partial charge in [0.05, 0.1) is 5.92 Å². The van der Waals surface area contributed by atoms with Crippen molar-refractivity contribution in [3.63, 3.8) is 0 Å². The number of esters is 1. The maximum absolute atomic E-state index is 12.2. The van der Waals surface area contributed by atoms with Crippen LogP contribution in [0, 0.1) is 11.8 Å². The average Bonchev–Trinajstić information content (AvgIpc) is 2.37. The van der Waals surface area contributed by atoms with Gasteiger partial charge in [-0.1, -0.05) is 6.92 Å². The van der Waals surface area contributed by atoms with Gasteiger partial charge in [0, 0.05) is 25.7 Å². The zero-order valence-electron chi connectivity index (χ0n) is 13.4. The number of nitrogens with one attached hydrogen (secondary N) is 1. The number of ether oxygens (including phenoxy) is 1. The highest BCUT2D eigenvalue weighted by Gasteiger charge is 2.34. The fourth-order valence-corrected chi connectivity index (χ4v) is 3.32. The third-order valence-electron chi connectivity index (χ3n) is 4.27. The van der Waals surface area contributed by atoms with E-state index < -0.39 is 0 Å². The molecule has 0 aromatic heterocycles. The van der Waals surface area contributed by atoms with E-state index >= 15 is 0 Å². The fourth-order valence-electron chi connectivity index (χ4n) is 3.32. The molecular formula is C16H30N2O2. The number of carbonyl (C=O) groups is 1. The molecular weight excluding hydrogens is 252 g/mol. The molecule has 0 radical (unpaired) electrons. The van der Waals surface area contributed by atoms with Crippen molar-refractivity contribution in [1.82, 2.24) is 10.2 Å². The summed E-state index contributed by atoms with van der Waals surface area (Å²) < 4.78 is 5.54. The van der Waals surface area contributed by atoms with Crippen molar-refractivity contribution in [1.29, 1.82) is 0 Å². The number of hydrogen-bond donors (Lipinski definition) is 1. The Morgan fingerprint density at radius 2 is 2.05 bits per heavy atom. The van der Waals surface area contributed by atoms with Crippen LogP contribution < -0.4 is 5.32 Å². The Labute approximate surface area is 123 Å². The minimum Gasteiger partial charge on any atom is -0.460 e. The van der Waals surface area contributed by atoms with Gasteiger partial charge in [-0.15, -0.1) is 0 Å². The highest BCUT2D eigenvalue weighted by Crippen LogP contribution is 2.24. The summed E-state index contributed by atoms with van der Waals surface area (Å²) in [5.74, 6) is 0.746. The number of hydrogen-bond acceptors (Lipinski definition) is 4. The summed E-state index contributed by atoms with van der Waals surface area (Å²) in [5, 5.41) is 3.42. The summed E-state index contributed by atoms with van der Waals surface area (Å²) >= 11 is 0. The Balaban J connectivity index is 1.89. The number of piperidine rings is 2. The number of nitrogens with zero attached hydrogens (tertiary/aromatic N) is 1. The van der Waals surface area contributed by atoms with Gasteiger partial charge in [0.1, 0.15) is 5.60 Å². The van der Waals surface area contributed by atoms with E-state index in [0.717, 1.165) is 25.4 Å². The van der Waals surface area contributed by atoms with Gasteiger partial charge in [-0.05, 0) is 52.5 Å². The number of likely N-dealkylation sites (tertiary alicyclic amines) is 1. The monoisotopic (exact) mass is 282 g/mol. The topological polar surface area (TPSA) is 41.6 Å². The molecule has 1 N–H and O–H groups in total. The van der Waals surface area contributed by atoms with Crippen LogP contribution in [0.5, 0.6) is 0 Å². The summed E-state index contributed by atoms with van der Waals surface area (Å²) in [6, 6.07) is 0.490. The van der Waals surface area contributed by atoms with Crippen LogP contribution >= 0.6 is 0 Å². The average molecular weight is 282 g/mol. The van der Waals surface area contributed by atoms with Crippen LogP contribution in [-0.4, -0.2) is 48.7 Å². The molecule has 2 rings (SSSR count). The Hall–Kier alpha value is -0.610. The van der Waals surface area contributed by atoms with E-state index in [9.17, 15) is 4.79 Å². The highest BCUT2D eigenvalue weighted by molar-refractivity contribution is 5.73. The molecule has 0 saturated carbocycles. The van der Waals surface area contributed by atoms with Crippen molar-refractivity contribution in [2.75, 3.05) is 26.2 Å². The van der Waals surface area contributed by atoms with Gasteiger partial charge in [0.25, 0.3) is 0 Å². The molecule has 0 aromatic carbocycles. The first-order valence-electron chi connectivity index (χ1n) is 8.03. The van der Waals surface area contributed by atoms with Crippen LogP contribution in [-0.2, 0) is 9.53 Å². The second kappa shape index (κ2) is 6.44. The standard InChI is InChI=1S/C16H30N2O2/c1-12-6-5-7-18(11-12)14-8-13(9-17-10-14)15(19)20-16(2,3)4/h12-14,17H,5-11H2,1-4H3. The molecule has 0 spiro atoms. The summed E-state index contributed by atoms with van der Waals surface area (Å²) in [4.78, 5) is 14.8. The van der Waals surface area contributed by atoms with Gasteiger partial charge in [0.15, 0.2) is 0 Å². The van der Waals surface area contributed by atoms with Crippen molar-refractivity contribution in [2.45, 2.75) is 58.6 Å². The minimum atomic E-state index is -0.385. The van der Waals surface area contributed by atoms with Crippen molar-refractivity contribution < 1.29 is 9.53 Å². The van der Waals surface area contributed by atoms with Crippen LogP contribution in [0.4, 0.5) is 0 Å². The molecule has 2 heterocycles. The van der Waals surface area contributed by atoms with Gasteiger partial charge < -0.3 is 10.1 Å². The zero-order chi connectivity index (χ0) is 14.8. The third kappa shape index (κ3) is 4.45. The van der Waals surface area contributed by atoms with Gasteiger partial charge in [-0.2, -0.15) is 0 Å². The van der Waals surface area contributed by atoms with Crippen molar-refractivity contribution in [3.8, 4) is 0 Å². The number of rotatable bonds is 2. The first kappa shape index (κ1) is 15.8. The molecule has 116 valence electrons. The normalized spacial score (nSPS) is 32.9. The van der Waals surface area contributed by atoms with Crippen LogP contribution in [0.25, 0.3) is 0 Å². The Morgan fingerprint density at radius 3 is 2.70 bits per heavy atom. The summed E-state index contributed by atoms with van der Waals surface area (Å²) in [6.07, 6.45) is 3.57. The van der Waals surface area contributed by atoms with Gasteiger partial charge in [-0.25, -0.2) is 0 Å². The van der Waals surface area contributed by atoms with E-state index in [1.165, 1.54) is 25.9 Å². The molecule has 2 saturated heterocycles. The molecule has 0 aromatic rings. The summed E-state index contributed by atoms with van der Waals surface area (Å²) in [7, 11) is 0. The SMILES string of the molecule is CC1CCCN(C2CNCC(C(=O)OC(C)(C)C)C2)C1. The predicted octanol–water partition coefficient (Wildman–Crippen LogP) is 2.04. The molecule has 3 atom stereocenters. The molecule has 3 unspecified atom stereocenters. The van der Waals surface area contributed by atoms with Gasteiger partial charge in [0.2, 0.25) is 0 Å². The van der Waals surface area contributed by atoms with Gasteiger partial charge in [-0.3, -0.25) is 9.69 Å². The molecule has 2 aliphatic rings. The van der Waals surface area contributed by atoms with Crippen LogP contribution in [0.2, 0.25) is 0 Å². The van der Waals surface area contributed by atoms with E-state index in [4.69, 9.17) is 4.74 Å². The van der Waals surface area contributed by atoms with Crippen LogP contribution in [0.3, 0.4) is 0 Å². The largest absolute Gasteiger partial charge is 0.460 e.